The van der Waals surface area contributed by atoms with Crippen molar-refractivity contribution in [2.75, 3.05) is 13.2 Å². The zero-order chi connectivity index (χ0) is 4.24. The summed E-state index contributed by atoms with van der Waals surface area (Å²) in [6.07, 6.45) is 3.84. The van der Waals surface area contributed by atoms with Crippen LogP contribution in [-0.4, -0.2) is 13.2 Å². The quantitative estimate of drug-likeness (QED) is 0.352. The molecule has 2 nitrogen and oxygen atoms in total. The topological polar surface area (TPSA) is 18.5 Å². The van der Waals surface area contributed by atoms with Gasteiger partial charge < -0.3 is 0 Å². The van der Waals surface area contributed by atoms with Crippen LogP contribution >= 0.6 is 12.4 Å². The molecular weight excluding hydrogens is 115 g/mol. The molecule has 42 valence electrons. The van der Waals surface area contributed by atoms with Gasteiger partial charge in [-0.1, -0.05) is 12.2 Å². The second kappa shape index (κ2) is 4.12. The van der Waals surface area contributed by atoms with Gasteiger partial charge in [0.05, 0.1) is 0 Å². The van der Waals surface area contributed by atoms with E-state index in [2.05, 4.69) is 9.78 Å². The van der Waals surface area contributed by atoms with E-state index in [1.54, 1.807) is 0 Å². The van der Waals surface area contributed by atoms with E-state index in [9.17, 15) is 0 Å². The molecule has 0 aliphatic carbocycles. The third-order valence-corrected chi connectivity index (χ3v) is 0.579. The van der Waals surface area contributed by atoms with Crippen molar-refractivity contribution in [3.63, 3.8) is 0 Å². The Morgan fingerprint density at radius 3 is 1.57 bits per heavy atom. The highest BCUT2D eigenvalue weighted by molar-refractivity contribution is 5.85. The molecule has 1 aliphatic heterocycles. The van der Waals surface area contributed by atoms with Crippen LogP contribution in [0.25, 0.3) is 0 Å². The van der Waals surface area contributed by atoms with E-state index in [-0.39, 0.29) is 12.4 Å². The predicted molar refractivity (Wildman–Crippen MR) is 28.3 cm³/mol. The van der Waals surface area contributed by atoms with Crippen LogP contribution in [0.2, 0.25) is 0 Å². The molecular formula is C4H7ClO2. The Labute approximate surface area is 48.4 Å². The minimum Gasteiger partial charge on any atom is -0.232 e. The second-order valence-corrected chi connectivity index (χ2v) is 1.04. The van der Waals surface area contributed by atoms with Crippen molar-refractivity contribution < 1.29 is 9.78 Å². The molecule has 0 N–H and O–H groups in total. The third-order valence-electron chi connectivity index (χ3n) is 0.579. The molecule has 1 rings (SSSR count). The van der Waals surface area contributed by atoms with E-state index in [0.29, 0.717) is 13.2 Å². The van der Waals surface area contributed by atoms with Gasteiger partial charge in [0.2, 0.25) is 0 Å². The van der Waals surface area contributed by atoms with Crippen LogP contribution in [0.3, 0.4) is 0 Å². The van der Waals surface area contributed by atoms with Gasteiger partial charge in [0.25, 0.3) is 0 Å². The normalized spacial score (nSPS) is 18.3. The Kier molecular flexibility index (Phi) is 4.09. The maximum absolute atomic E-state index is 4.48. The Bertz CT molecular complexity index is 54.7. The maximum Gasteiger partial charge on any atom is 0.100 e. The number of halogens is 1. The lowest BCUT2D eigenvalue weighted by molar-refractivity contribution is -0.283. The Hall–Kier alpha value is -0.0500. The van der Waals surface area contributed by atoms with Gasteiger partial charge in [-0.2, -0.15) is 0 Å². The van der Waals surface area contributed by atoms with E-state index < -0.39 is 0 Å². The number of hydrogen-bond acceptors (Lipinski definition) is 2. The van der Waals surface area contributed by atoms with Crippen LogP contribution in [-0.2, 0) is 9.78 Å². The van der Waals surface area contributed by atoms with Crippen molar-refractivity contribution in [1.82, 2.24) is 0 Å². The number of rotatable bonds is 0. The summed E-state index contributed by atoms with van der Waals surface area (Å²) in [5.41, 5.74) is 0. The van der Waals surface area contributed by atoms with Gasteiger partial charge >= 0.3 is 0 Å². The van der Waals surface area contributed by atoms with E-state index in [1.807, 2.05) is 12.2 Å². The summed E-state index contributed by atoms with van der Waals surface area (Å²) in [5.74, 6) is 0. The van der Waals surface area contributed by atoms with E-state index in [4.69, 9.17) is 0 Å². The zero-order valence-corrected chi connectivity index (χ0v) is 4.61. The molecule has 0 aromatic carbocycles. The molecule has 0 radical (unpaired) electrons. The molecule has 0 spiro atoms. The molecule has 0 amide bonds. The molecule has 3 heteroatoms. The highest BCUT2D eigenvalue weighted by Crippen LogP contribution is 1.87. The van der Waals surface area contributed by atoms with Crippen molar-refractivity contribution >= 4 is 12.4 Å². The number of hydrogen-bond donors (Lipinski definition) is 0. The van der Waals surface area contributed by atoms with Crippen molar-refractivity contribution in [3.8, 4) is 0 Å². The Morgan fingerprint density at radius 1 is 1.00 bits per heavy atom. The van der Waals surface area contributed by atoms with Gasteiger partial charge in [-0.05, 0) is 0 Å². The lowest BCUT2D eigenvalue weighted by Gasteiger charge is -2.00. The molecule has 0 unspecified atom stereocenters. The first-order valence-corrected chi connectivity index (χ1v) is 1.89. The Balaban J connectivity index is 0.000000360. The van der Waals surface area contributed by atoms with Crippen LogP contribution < -0.4 is 0 Å². The fourth-order valence-corrected chi connectivity index (χ4v) is 0.311. The third kappa shape index (κ3) is 2.62. The van der Waals surface area contributed by atoms with Crippen molar-refractivity contribution in [3.05, 3.63) is 12.2 Å². The Morgan fingerprint density at radius 2 is 1.43 bits per heavy atom. The van der Waals surface area contributed by atoms with Crippen LogP contribution in [0.5, 0.6) is 0 Å². The van der Waals surface area contributed by atoms with Gasteiger partial charge in [0.1, 0.15) is 13.2 Å². The molecule has 0 aromatic heterocycles. The fourth-order valence-electron chi connectivity index (χ4n) is 0.311. The molecule has 0 saturated heterocycles. The zero-order valence-electron chi connectivity index (χ0n) is 3.79. The summed E-state index contributed by atoms with van der Waals surface area (Å²) in [6.45, 7) is 1.19. The highest BCUT2D eigenvalue weighted by Gasteiger charge is 1.86. The maximum atomic E-state index is 4.48. The molecule has 1 aliphatic rings. The molecule has 0 fully saturated rings. The highest BCUT2D eigenvalue weighted by atomic mass is 35.5. The molecule has 1 heterocycles. The summed E-state index contributed by atoms with van der Waals surface area (Å²) in [6, 6.07) is 0. The van der Waals surface area contributed by atoms with Gasteiger partial charge in [-0.15, -0.1) is 12.4 Å². The SMILES string of the molecule is C1=CCOOC1.Cl. The van der Waals surface area contributed by atoms with Crippen molar-refractivity contribution in [2.24, 2.45) is 0 Å². The first-order chi connectivity index (χ1) is 3.00. The largest absolute Gasteiger partial charge is 0.232 e. The van der Waals surface area contributed by atoms with Gasteiger partial charge in [0, 0.05) is 0 Å². The molecule has 0 atom stereocenters. The minimum absolute atomic E-state index is 0. The molecule has 0 bridgehead atoms. The van der Waals surface area contributed by atoms with Gasteiger partial charge in [0.15, 0.2) is 0 Å². The fraction of sp³-hybridized carbons (Fsp3) is 0.500. The predicted octanol–water partition coefficient (Wildman–Crippen LogP) is 0.926. The summed E-state index contributed by atoms with van der Waals surface area (Å²) in [5, 5.41) is 0. The lowest BCUT2D eigenvalue weighted by atomic mass is 10.5. The first kappa shape index (κ1) is 6.95. The molecule has 0 saturated carbocycles. The average molecular weight is 123 g/mol. The smallest absolute Gasteiger partial charge is 0.100 e. The van der Waals surface area contributed by atoms with Crippen LogP contribution in [0.1, 0.15) is 0 Å². The lowest BCUT2D eigenvalue weighted by Crippen LogP contribution is -1.99. The standard InChI is InChI=1S/C4H6O2.ClH/c1-2-4-6-5-3-1;/h1-2H,3-4H2;1H. The summed E-state index contributed by atoms with van der Waals surface area (Å²) in [7, 11) is 0. The van der Waals surface area contributed by atoms with Crippen LogP contribution in [0, 0.1) is 0 Å². The van der Waals surface area contributed by atoms with Gasteiger partial charge in [-0.25, -0.2) is 9.78 Å². The van der Waals surface area contributed by atoms with Crippen LogP contribution in [0.15, 0.2) is 12.2 Å². The summed E-state index contributed by atoms with van der Waals surface area (Å²) in [4.78, 5) is 8.97. The summed E-state index contributed by atoms with van der Waals surface area (Å²) >= 11 is 0. The van der Waals surface area contributed by atoms with Crippen LogP contribution in [0.4, 0.5) is 0 Å². The molecule has 7 heavy (non-hydrogen) atoms. The average Bonchev–Trinajstić information content (AvgIpc) is 1.72. The van der Waals surface area contributed by atoms with E-state index in [1.165, 1.54) is 0 Å². The van der Waals surface area contributed by atoms with E-state index in [0.717, 1.165) is 0 Å². The minimum atomic E-state index is 0. The second-order valence-electron chi connectivity index (χ2n) is 1.04. The van der Waals surface area contributed by atoms with E-state index >= 15 is 0 Å². The summed E-state index contributed by atoms with van der Waals surface area (Å²) < 4.78 is 0. The van der Waals surface area contributed by atoms with Crippen molar-refractivity contribution in [1.29, 1.82) is 0 Å². The monoisotopic (exact) mass is 122 g/mol. The van der Waals surface area contributed by atoms with Gasteiger partial charge in [-0.3, -0.25) is 0 Å². The molecule has 0 aromatic rings. The van der Waals surface area contributed by atoms with Crippen molar-refractivity contribution in [2.45, 2.75) is 0 Å². The first-order valence-electron chi connectivity index (χ1n) is 1.89.